The first-order valence-corrected chi connectivity index (χ1v) is 16.5. The number of aromatic nitrogens is 4. The average Bonchev–Trinajstić information content (AvgIpc) is 3.65. The van der Waals surface area contributed by atoms with Crippen molar-refractivity contribution in [2.24, 2.45) is 5.92 Å². The normalized spacial score (nSPS) is 13.9. The number of rotatable bonds is 8. The standard InChI is InChI=1S/C32H29Cl2N5OS2/c1-21-11-12-24(33)18-28(21)39-30(25-9-5-6-10-26(25)34)36-37-32(39)42-20-29-35-27(19-41-29)31(40)38-15-13-23(14-16-38)17-22-7-3-2-4-8-22/h2-12,18-19,23H,13-17,20H2,1H3. The number of hydrogen-bond donors (Lipinski definition) is 0. The van der Waals surface area contributed by atoms with Gasteiger partial charge in [-0.25, -0.2) is 4.98 Å². The van der Waals surface area contributed by atoms with Gasteiger partial charge in [-0.3, -0.25) is 9.36 Å². The molecule has 10 heteroatoms. The third-order valence-electron chi connectivity index (χ3n) is 7.52. The van der Waals surface area contributed by atoms with Gasteiger partial charge in [0.25, 0.3) is 5.91 Å². The number of halogens is 2. The summed E-state index contributed by atoms with van der Waals surface area (Å²) in [7, 11) is 0. The van der Waals surface area contributed by atoms with Gasteiger partial charge >= 0.3 is 0 Å². The van der Waals surface area contributed by atoms with Crippen LogP contribution in [0, 0.1) is 12.8 Å². The van der Waals surface area contributed by atoms with Crippen molar-refractivity contribution in [2.45, 2.75) is 37.1 Å². The lowest BCUT2D eigenvalue weighted by Gasteiger charge is -2.31. The molecule has 0 spiro atoms. The molecule has 3 aromatic carbocycles. The van der Waals surface area contributed by atoms with Crippen molar-refractivity contribution >= 4 is 52.2 Å². The van der Waals surface area contributed by atoms with Crippen molar-refractivity contribution in [1.82, 2.24) is 24.6 Å². The van der Waals surface area contributed by atoms with Crippen LogP contribution >= 0.6 is 46.3 Å². The summed E-state index contributed by atoms with van der Waals surface area (Å²) in [4.78, 5) is 19.9. The lowest BCUT2D eigenvalue weighted by molar-refractivity contribution is 0.0685. The molecule has 1 aliphatic rings. The highest BCUT2D eigenvalue weighted by Gasteiger charge is 2.26. The molecule has 6 rings (SSSR count). The molecule has 0 saturated carbocycles. The summed E-state index contributed by atoms with van der Waals surface area (Å²) >= 11 is 16.0. The Kier molecular flexibility index (Phi) is 8.95. The molecule has 2 aromatic heterocycles. The van der Waals surface area contributed by atoms with Gasteiger partial charge in [0.1, 0.15) is 10.7 Å². The lowest BCUT2D eigenvalue weighted by Crippen LogP contribution is -2.39. The number of thiazole rings is 1. The SMILES string of the molecule is Cc1ccc(Cl)cc1-n1c(SCc2nc(C(=O)N3CCC(Cc4ccccc4)CC3)cs2)nnc1-c1ccccc1Cl. The van der Waals surface area contributed by atoms with Crippen LogP contribution in [-0.2, 0) is 12.2 Å². The van der Waals surface area contributed by atoms with E-state index in [2.05, 4.69) is 40.5 Å². The number of carbonyl (C=O) groups is 1. The van der Waals surface area contributed by atoms with E-state index in [0.717, 1.165) is 54.2 Å². The van der Waals surface area contributed by atoms with E-state index in [1.807, 2.05) is 64.2 Å². The minimum atomic E-state index is 0.0133. The second kappa shape index (κ2) is 13.0. The van der Waals surface area contributed by atoms with Crippen LogP contribution in [0.4, 0.5) is 0 Å². The van der Waals surface area contributed by atoms with Crippen molar-refractivity contribution in [3.63, 3.8) is 0 Å². The molecule has 1 saturated heterocycles. The molecule has 0 radical (unpaired) electrons. The molecule has 3 heterocycles. The Bertz CT molecular complexity index is 1700. The first-order chi connectivity index (χ1) is 20.5. The molecular formula is C32H29Cl2N5OS2. The molecule has 1 aliphatic heterocycles. The van der Waals surface area contributed by atoms with Crippen molar-refractivity contribution in [3.05, 3.63) is 110 Å². The molecule has 42 heavy (non-hydrogen) atoms. The Balaban J connectivity index is 1.15. The molecule has 5 aromatic rings. The number of amides is 1. The Morgan fingerprint density at radius 2 is 1.76 bits per heavy atom. The zero-order valence-corrected chi connectivity index (χ0v) is 26.2. The summed E-state index contributed by atoms with van der Waals surface area (Å²) in [6.07, 6.45) is 3.10. The number of carbonyl (C=O) groups excluding carboxylic acids is 1. The quantitative estimate of drug-likeness (QED) is 0.161. The minimum absolute atomic E-state index is 0.0133. The van der Waals surface area contributed by atoms with E-state index in [9.17, 15) is 4.79 Å². The summed E-state index contributed by atoms with van der Waals surface area (Å²) < 4.78 is 1.99. The number of nitrogens with zero attached hydrogens (tertiary/aromatic N) is 5. The van der Waals surface area contributed by atoms with Crippen LogP contribution < -0.4 is 0 Å². The number of piperidine rings is 1. The van der Waals surface area contributed by atoms with Crippen LogP contribution in [0.1, 0.15) is 39.5 Å². The Morgan fingerprint density at radius 3 is 2.55 bits per heavy atom. The van der Waals surface area contributed by atoms with E-state index >= 15 is 0 Å². The molecule has 0 aliphatic carbocycles. The highest BCUT2D eigenvalue weighted by atomic mass is 35.5. The second-order valence-electron chi connectivity index (χ2n) is 10.4. The van der Waals surface area contributed by atoms with Crippen molar-refractivity contribution in [3.8, 4) is 17.1 Å². The molecular weight excluding hydrogens is 605 g/mol. The molecule has 6 nitrogen and oxygen atoms in total. The van der Waals surface area contributed by atoms with Crippen molar-refractivity contribution in [2.75, 3.05) is 13.1 Å². The molecule has 0 unspecified atom stereocenters. The topological polar surface area (TPSA) is 63.9 Å². The lowest BCUT2D eigenvalue weighted by atomic mass is 9.90. The van der Waals surface area contributed by atoms with Gasteiger partial charge in [0.05, 0.1) is 16.5 Å². The van der Waals surface area contributed by atoms with E-state index < -0.39 is 0 Å². The highest BCUT2D eigenvalue weighted by molar-refractivity contribution is 7.98. The minimum Gasteiger partial charge on any atom is -0.337 e. The fourth-order valence-corrected chi connectivity index (χ4v) is 7.39. The number of benzene rings is 3. The van der Waals surface area contributed by atoms with Crippen LogP contribution in [-0.4, -0.2) is 43.6 Å². The summed E-state index contributed by atoms with van der Waals surface area (Å²) in [5, 5.41) is 13.7. The number of likely N-dealkylation sites (tertiary alicyclic amines) is 1. The van der Waals surface area contributed by atoms with E-state index in [4.69, 9.17) is 28.2 Å². The summed E-state index contributed by atoms with van der Waals surface area (Å²) in [6.45, 7) is 3.56. The molecule has 214 valence electrons. The van der Waals surface area contributed by atoms with Gasteiger partial charge in [-0.2, -0.15) is 0 Å². The zero-order valence-electron chi connectivity index (χ0n) is 23.0. The largest absolute Gasteiger partial charge is 0.337 e. The van der Waals surface area contributed by atoms with Crippen LogP contribution in [0.3, 0.4) is 0 Å². The molecule has 0 atom stereocenters. The van der Waals surface area contributed by atoms with Crippen molar-refractivity contribution in [1.29, 1.82) is 0 Å². The molecule has 1 fully saturated rings. The van der Waals surface area contributed by atoms with Crippen molar-refractivity contribution < 1.29 is 4.79 Å². The molecule has 0 N–H and O–H groups in total. The predicted molar refractivity (Wildman–Crippen MR) is 172 cm³/mol. The summed E-state index contributed by atoms with van der Waals surface area (Å²) in [6, 6.07) is 23.9. The Labute approximate surface area is 263 Å². The fraction of sp³-hybridized carbons (Fsp3) is 0.250. The third kappa shape index (κ3) is 6.42. The average molecular weight is 635 g/mol. The maximum absolute atomic E-state index is 13.3. The van der Waals surface area contributed by atoms with Crippen LogP contribution in [0.15, 0.2) is 83.3 Å². The van der Waals surface area contributed by atoms with Gasteiger partial charge in [0.2, 0.25) is 0 Å². The molecule has 1 amide bonds. The van der Waals surface area contributed by atoms with E-state index in [-0.39, 0.29) is 5.91 Å². The third-order valence-corrected chi connectivity index (χ3v) is 10.1. The van der Waals surface area contributed by atoms with E-state index in [1.165, 1.54) is 28.7 Å². The van der Waals surface area contributed by atoms with Crippen LogP contribution in [0.25, 0.3) is 17.1 Å². The van der Waals surface area contributed by atoms with Gasteiger partial charge in [0, 0.05) is 29.1 Å². The first-order valence-electron chi connectivity index (χ1n) is 13.8. The Morgan fingerprint density at radius 1 is 1.00 bits per heavy atom. The zero-order chi connectivity index (χ0) is 29.1. The summed E-state index contributed by atoms with van der Waals surface area (Å²) in [5.74, 6) is 1.81. The number of thioether (sulfide) groups is 1. The van der Waals surface area contributed by atoms with Gasteiger partial charge in [-0.15, -0.1) is 21.5 Å². The monoisotopic (exact) mass is 633 g/mol. The van der Waals surface area contributed by atoms with Gasteiger partial charge in [-0.05, 0) is 67.5 Å². The predicted octanol–water partition coefficient (Wildman–Crippen LogP) is 8.39. The van der Waals surface area contributed by atoms with E-state index in [0.29, 0.717) is 38.4 Å². The summed E-state index contributed by atoms with van der Waals surface area (Å²) in [5.41, 5.74) is 4.58. The first kappa shape index (κ1) is 28.9. The smallest absolute Gasteiger partial charge is 0.273 e. The van der Waals surface area contributed by atoms with Gasteiger partial charge in [-0.1, -0.05) is 83.5 Å². The number of hydrogen-bond acceptors (Lipinski definition) is 6. The maximum Gasteiger partial charge on any atom is 0.273 e. The van der Waals surface area contributed by atoms with Gasteiger partial charge < -0.3 is 4.90 Å². The van der Waals surface area contributed by atoms with E-state index in [1.54, 1.807) is 0 Å². The fourth-order valence-electron chi connectivity index (χ4n) is 5.27. The van der Waals surface area contributed by atoms with Crippen LogP contribution in [0.5, 0.6) is 0 Å². The Hall–Kier alpha value is -3.17. The molecule has 0 bridgehead atoms. The number of aryl methyl sites for hydroxylation is 1. The maximum atomic E-state index is 13.3. The van der Waals surface area contributed by atoms with Gasteiger partial charge in [0.15, 0.2) is 11.0 Å². The van der Waals surface area contributed by atoms with Crippen LogP contribution in [0.2, 0.25) is 10.0 Å². The second-order valence-corrected chi connectivity index (χ2v) is 13.1. The highest BCUT2D eigenvalue weighted by Crippen LogP contribution is 2.35.